The van der Waals surface area contributed by atoms with E-state index in [9.17, 15) is 9.59 Å². The van der Waals surface area contributed by atoms with Crippen molar-refractivity contribution in [2.75, 3.05) is 72.7 Å². The number of hydrogen-bond acceptors (Lipinski definition) is 10. The third-order valence-electron chi connectivity index (χ3n) is 17.7. The highest BCUT2D eigenvalue weighted by atomic mass is 16.6. The molecule has 8 heterocycles. The zero-order valence-electron chi connectivity index (χ0n) is 43.8. The molecule has 0 N–H and O–H groups in total. The van der Waals surface area contributed by atoms with Gasteiger partial charge in [-0.3, -0.25) is 14.7 Å². The van der Waals surface area contributed by atoms with Gasteiger partial charge in [0, 0.05) is 30.0 Å². The van der Waals surface area contributed by atoms with Gasteiger partial charge in [-0.25, -0.2) is 9.59 Å². The fourth-order valence-electron chi connectivity index (χ4n) is 12.9. The largest absolute Gasteiger partial charge is 0.497 e. The first-order valence-electron chi connectivity index (χ1n) is 27.6. The molecule has 0 aromatic heterocycles. The van der Waals surface area contributed by atoms with Crippen molar-refractivity contribution >= 4 is 12.2 Å². The molecule has 3 atom stereocenters. The first-order valence-corrected chi connectivity index (χ1v) is 27.6. The van der Waals surface area contributed by atoms with Gasteiger partial charge in [-0.05, 0) is 177 Å². The standard InChI is InChI=1S/C64H70N4O8/c1-71-53-18-10-46(11-19-53)41-72-55-22-16-51(17-23-55)60-58-9-5-3-7-49(58)27-34-68(60)62(70)76-45-64-31-38-66(39-32-64)52(40-64)43-74-54-20-12-47(13-21-54)42-73-56-24-14-50(15-25-56)59-57-8-4-2-6-48(57)26-33-67(59)61(69)75-44-63-28-35-65(36-29-63)37-30-63/h2-25,52,59-60H,26-45H2,1H3/t52?,59-,60+/m0/s1. The van der Waals surface area contributed by atoms with Gasteiger partial charge >= 0.3 is 12.2 Å². The molecule has 6 fully saturated rings. The Hall–Kier alpha value is -7.02. The van der Waals surface area contributed by atoms with Crippen LogP contribution in [0, 0.1) is 10.8 Å². The van der Waals surface area contributed by atoms with E-state index in [1.165, 1.54) is 11.1 Å². The normalized spacial score (nSPS) is 25.2. The first kappa shape index (κ1) is 49.8. The van der Waals surface area contributed by atoms with Crippen LogP contribution in [0.15, 0.2) is 146 Å². The van der Waals surface area contributed by atoms with Gasteiger partial charge in [-0.2, -0.15) is 0 Å². The Morgan fingerprint density at radius 2 is 0.921 bits per heavy atom. The minimum Gasteiger partial charge on any atom is -0.497 e. The lowest BCUT2D eigenvalue weighted by molar-refractivity contribution is -0.0694. The zero-order chi connectivity index (χ0) is 51.5. The second kappa shape index (κ2) is 21.9. The Morgan fingerprint density at radius 3 is 1.42 bits per heavy atom. The van der Waals surface area contributed by atoms with Gasteiger partial charge in [0.1, 0.15) is 42.8 Å². The molecule has 0 spiro atoms. The Balaban J connectivity index is 0.630. The van der Waals surface area contributed by atoms with E-state index in [1.54, 1.807) is 7.11 Å². The van der Waals surface area contributed by atoms with Crippen LogP contribution in [-0.4, -0.2) is 111 Å². The predicted molar refractivity (Wildman–Crippen MR) is 291 cm³/mol. The van der Waals surface area contributed by atoms with Crippen molar-refractivity contribution in [3.63, 3.8) is 0 Å². The van der Waals surface area contributed by atoms with Crippen molar-refractivity contribution in [3.05, 3.63) is 190 Å². The average molecular weight is 1020 g/mol. The van der Waals surface area contributed by atoms with Crippen LogP contribution in [0.1, 0.15) is 95.1 Å². The first-order chi connectivity index (χ1) is 37.3. The van der Waals surface area contributed by atoms with Crippen LogP contribution >= 0.6 is 0 Å². The molecule has 0 saturated carbocycles. The molecule has 14 rings (SSSR count). The van der Waals surface area contributed by atoms with E-state index in [4.69, 9.17) is 28.4 Å². The third kappa shape index (κ3) is 10.7. The van der Waals surface area contributed by atoms with Crippen LogP contribution in [0.3, 0.4) is 0 Å². The number of nitrogens with zero attached hydrogens (tertiary/aromatic N) is 4. The summed E-state index contributed by atoms with van der Waals surface area (Å²) in [7, 11) is 1.66. The van der Waals surface area contributed by atoms with Crippen LogP contribution in [-0.2, 0) is 35.5 Å². The zero-order valence-corrected chi connectivity index (χ0v) is 43.8. The maximum Gasteiger partial charge on any atom is 0.410 e. The number of carbonyl (C=O) groups is 2. The number of benzene rings is 6. The molecular weight excluding hydrogens is 953 g/mol. The predicted octanol–water partition coefficient (Wildman–Crippen LogP) is 11.4. The summed E-state index contributed by atoms with van der Waals surface area (Å²) in [6.45, 7) is 8.80. The van der Waals surface area contributed by atoms with Crippen LogP contribution in [0.2, 0.25) is 0 Å². The summed E-state index contributed by atoms with van der Waals surface area (Å²) in [5.41, 5.74) is 9.03. The molecule has 12 nitrogen and oxygen atoms in total. The maximum absolute atomic E-state index is 14.2. The van der Waals surface area contributed by atoms with Crippen molar-refractivity contribution < 1.29 is 38.0 Å². The smallest absolute Gasteiger partial charge is 0.410 e. The minimum absolute atomic E-state index is 0.0809. The minimum atomic E-state index is -0.263. The SMILES string of the molecule is COc1ccc(COc2ccc([C@@H]3c4ccccc4CCN3C(=O)OCC34CCN(CC3)C(COc3ccc(COc5ccc([C@H]6c7ccccc7CCN6C(=O)OCC67CCN(CC6)CC7)cc5)cc3)C4)cc2)cc1. The summed E-state index contributed by atoms with van der Waals surface area (Å²) in [6, 6.07) is 49.1. The van der Waals surface area contributed by atoms with E-state index in [2.05, 4.69) is 94.7 Å². The highest BCUT2D eigenvalue weighted by Gasteiger charge is 2.47. The molecule has 8 aliphatic rings. The van der Waals surface area contributed by atoms with Gasteiger partial charge < -0.3 is 33.3 Å². The summed E-state index contributed by atoms with van der Waals surface area (Å²) in [5, 5.41) is 0. The van der Waals surface area contributed by atoms with E-state index in [0.717, 1.165) is 140 Å². The molecule has 0 aliphatic carbocycles. The van der Waals surface area contributed by atoms with Crippen molar-refractivity contribution in [2.24, 2.45) is 10.8 Å². The van der Waals surface area contributed by atoms with Gasteiger partial charge in [0.2, 0.25) is 0 Å². The summed E-state index contributed by atoms with van der Waals surface area (Å²) >= 11 is 0. The molecule has 6 aromatic rings. The van der Waals surface area contributed by atoms with Gasteiger partial charge in [-0.1, -0.05) is 97.1 Å². The second-order valence-electron chi connectivity index (χ2n) is 22.2. The molecule has 1 unspecified atom stereocenters. The van der Waals surface area contributed by atoms with Crippen molar-refractivity contribution in [1.82, 2.24) is 19.6 Å². The summed E-state index contributed by atoms with van der Waals surface area (Å²) in [6.07, 6.45) is 7.35. The number of hydrogen-bond donors (Lipinski definition) is 0. The highest BCUT2D eigenvalue weighted by molar-refractivity contribution is 5.71. The lowest BCUT2D eigenvalue weighted by Gasteiger charge is -2.52. The van der Waals surface area contributed by atoms with Crippen LogP contribution in [0.4, 0.5) is 9.59 Å². The number of piperidine rings is 6. The van der Waals surface area contributed by atoms with Crippen LogP contribution < -0.4 is 18.9 Å². The van der Waals surface area contributed by atoms with E-state index >= 15 is 0 Å². The van der Waals surface area contributed by atoms with E-state index < -0.39 is 0 Å². The highest BCUT2D eigenvalue weighted by Crippen LogP contribution is 2.45. The van der Waals surface area contributed by atoms with E-state index in [1.807, 2.05) is 70.5 Å². The Morgan fingerprint density at radius 1 is 0.487 bits per heavy atom. The molecule has 4 bridgehead atoms. The van der Waals surface area contributed by atoms with Gasteiger partial charge in [-0.15, -0.1) is 0 Å². The second-order valence-corrected chi connectivity index (χ2v) is 22.2. The fraction of sp³-hybridized carbons (Fsp3) is 0.406. The molecule has 6 aromatic carbocycles. The third-order valence-corrected chi connectivity index (χ3v) is 17.7. The number of carbonyl (C=O) groups excluding carboxylic acids is 2. The van der Waals surface area contributed by atoms with Gasteiger partial charge in [0.25, 0.3) is 0 Å². The number of amides is 2. The molecule has 6 saturated heterocycles. The number of ether oxygens (including phenoxy) is 6. The van der Waals surface area contributed by atoms with Crippen molar-refractivity contribution in [1.29, 1.82) is 0 Å². The summed E-state index contributed by atoms with van der Waals surface area (Å²) in [4.78, 5) is 37.0. The molecule has 0 radical (unpaired) electrons. The van der Waals surface area contributed by atoms with Crippen molar-refractivity contribution in [3.8, 4) is 23.0 Å². The quantitative estimate of drug-likeness (QED) is 0.0931. The molecule has 12 heteroatoms. The monoisotopic (exact) mass is 1020 g/mol. The van der Waals surface area contributed by atoms with E-state index in [0.29, 0.717) is 46.1 Å². The van der Waals surface area contributed by atoms with Gasteiger partial charge in [0.05, 0.1) is 32.4 Å². The average Bonchev–Trinajstić information content (AvgIpc) is 3.52. The number of fused-ring (bicyclic) bond motifs is 8. The van der Waals surface area contributed by atoms with Crippen LogP contribution in [0.25, 0.3) is 0 Å². The summed E-state index contributed by atoms with van der Waals surface area (Å²) in [5.74, 6) is 3.18. The molecular formula is C64H70N4O8. The fourth-order valence-corrected chi connectivity index (χ4v) is 12.9. The Labute approximate surface area is 447 Å². The lowest BCUT2D eigenvalue weighted by Crippen LogP contribution is -2.57. The molecule has 394 valence electrons. The van der Waals surface area contributed by atoms with Crippen molar-refractivity contribution in [2.45, 2.75) is 82.7 Å². The molecule has 8 aliphatic heterocycles. The number of methoxy groups -OCH3 is 1. The molecule has 2 amide bonds. The summed E-state index contributed by atoms with van der Waals surface area (Å²) < 4.78 is 36.7. The Kier molecular flexibility index (Phi) is 14.4. The maximum atomic E-state index is 14.2. The van der Waals surface area contributed by atoms with Crippen LogP contribution in [0.5, 0.6) is 23.0 Å². The van der Waals surface area contributed by atoms with E-state index in [-0.39, 0.29) is 41.1 Å². The lowest BCUT2D eigenvalue weighted by atomic mass is 9.70. The number of rotatable bonds is 16. The Bertz CT molecular complexity index is 2940. The topological polar surface area (TPSA) is 102 Å². The van der Waals surface area contributed by atoms with Gasteiger partial charge in [0.15, 0.2) is 0 Å². The molecule has 76 heavy (non-hydrogen) atoms.